The lowest BCUT2D eigenvalue weighted by Crippen LogP contribution is -2.46. The van der Waals surface area contributed by atoms with Gasteiger partial charge in [-0.05, 0) is 60.5 Å². The number of anilines is 1. The minimum absolute atomic E-state index is 0.0436. The number of benzene rings is 3. The Morgan fingerprint density at radius 3 is 2.18 bits per heavy atom. The Balaban J connectivity index is 1.58. The normalized spacial score (nSPS) is 11.5. The third-order valence-corrected chi connectivity index (χ3v) is 4.70. The zero-order valence-corrected chi connectivity index (χ0v) is 18.4. The third-order valence-electron chi connectivity index (χ3n) is 4.70. The molecule has 0 heterocycles. The van der Waals surface area contributed by atoms with Gasteiger partial charge < -0.3 is 20.1 Å². The molecule has 2 amide bonds. The summed E-state index contributed by atoms with van der Waals surface area (Å²) >= 11 is 0. The fourth-order valence-electron chi connectivity index (χ4n) is 3.02. The van der Waals surface area contributed by atoms with Gasteiger partial charge in [-0.25, -0.2) is 4.39 Å². The van der Waals surface area contributed by atoms with Crippen molar-refractivity contribution in [3.63, 3.8) is 0 Å². The van der Waals surface area contributed by atoms with Crippen LogP contribution in [0.3, 0.4) is 0 Å². The van der Waals surface area contributed by atoms with Gasteiger partial charge in [-0.15, -0.1) is 0 Å². The van der Waals surface area contributed by atoms with Crippen LogP contribution in [0.15, 0.2) is 78.9 Å². The molecule has 0 aromatic heterocycles. The van der Waals surface area contributed by atoms with Gasteiger partial charge in [0.05, 0.1) is 13.2 Å². The molecule has 3 aromatic rings. The summed E-state index contributed by atoms with van der Waals surface area (Å²) in [6.45, 7) is 2.28. The Morgan fingerprint density at radius 1 is 0.909 bits per heavy atom. The quantitative estimate of drug-likeness (QED) is 0.428. The van der Waals surface area contributed by atoms with Crippen LogP contribution in [0.2, 0.25) is 0 Å². The fraction of sp³-hybridized carbons (Fsp3) is 0.231. The van der Waals surface area contributed by atoms with E-state index in [9.17, 15) is 14.0 Å². The van der Waals surface area contributed by atoms with Crippen LogP contribution in [0.25, 0.3) is 0 Å². The highest BCUT2D eigenvalue weighted by molar-refractivity contribution is 5.97. The van der Waals surface area contributed by atoms with Crippen LogP contribution in [-0.2, 0) is 20.9 Å². The Morgan fingerprint density at radius 2 is 1.55 bits per heavy atom. The monoisotopic (exact) mass is 450 g/mol. The summed E-state index contributed by atoms with van der Waals surface area (Å²) in [4.78, 5) is 24.9. The van der Waals surface area contributed by atoms with E-state index in [2.05, 4.69) is 10.6 Å². The minimum atomic E-state index is -0.831. The van der Waals surface area contributed by atoms with Gasteiger partial charge in [-0.3, -0.25) is 9.59 Å². The molecule has 6 nitrogen and oxygen atoms in total. The number of halogens is 1. The van der Waals surface area contributed by atoms with E-state index in [1.54, 1.807) is 24.3 Å². The highest BCUT2D eigenvalue weighted by Gasteiger charge is 2.21. The molecule has 0 aliphatic carbocycles. The van der Waals surface area contributed by atoms with Crippen LogP contribution in [0.5, 0.6) is 11.5 Å². The summed E-state index contributed by atoms with van der Waals surface area (Å²) in [7, 11) is 0. The summed E-state index contributed by atoms with van der Waals surface area (Å²) in [6.07, 6.45) is 1.01. The van der Waals surface area contributed by atoms with E-state index in [-0.39, 0.29) is 24.2 Å². The van der Waals surface area contributed by atoms with E-state index in [0.717, 1.165) is 5.56 Å². The Hall–Kier alpha value is -3.71. The lowest BCUT2D eigenvalue weighted by atomic mass is 10.2. The summed E-state index contributed by atoms with van der Waals surface area (Å²) in [5, 5.41) is 5.54. The minimum Gasteiger partial charge on any atom is -0.457 e. The zero-order chi connectivity index (χ0) is 23.5. The molecule has 33 heavy (non-hydrogen) atoms. The van der Waals surface area contributed by atoms with Crippen LogP contribution in [0.4, 0.5) is 10.1 Å². The van der Waals surface area contributed by atoms with Crippen molar-refractivity contribution >= 4 is 17.5 Å². The molecule has 1 atom stereocenters. The topological polar surface area (TPSA) is 76.7 Å². The van der Waals surface area contributed by atoms with E-state index in [0.29, 0.717) is 36.6 Å². The second-order valence-electron chi connectivity index (χ2n) is 7.44. The maximum Gasteiger partial charge on any atom is 0.249 e. The van der Waals surface area contributed by atoms with Gasteiger partial charge in [0.1, 0.15) is 23.4 Å². The van der Waals surface area contributed by atoms with Crippen molar-refractivity contribution in [1.29, 1.82) is 0 Å². The van der Waals surface area contributed by atoms with Gasteiger partial charge in [0.25, 0.3) is 0 Å². The van der Waals surface area contributed by atoms with Gasteiger partial charge >= 0.3 is 0 Å². The van der Waals surface area contributed by atoms with E-state index in [4.69, 9.17) is 9.47 Å². The average Bonchev–Trinajstić information content (AvgIpc) is 2.82. The SMILES string of the molecule is CCCC(=O)N[C@@H](COCc1ccccc1)C(=O)Nc1ccc(Oc2ccc(F)cc2)cc1. The number of carbonyl (C=O) groups excluding carboxylic acids is 2. The largest absolute Gasteiger partial charge is 0.457 e. The molecule has 7 heteroatoms. The summed E-state index contributed by atoms with van der Waals surface area (Å²) in [5.41, 5.74) is 1.53. The highest BCUT2D eigenvalue weighted by Crippen LogP contribution is 2.23. The third kappa shape index (κ3) is 8.05. The molecular weight excluding hydrogens is 423 g/mol. The van der Waals surface area contributed by atoms with Crippen LogP contribution >= 0.6 is 0 Å². The van der Waals surface area contributed by atoms with Gasteiger partial charge in [0.15, 0.2) is 0 Å². The highest BCUT2D eigenvalue weighted by atomic mass is 19.1. The molecule has 172 valence electrons. The number of rotatable bonds is 11. The number of hydrogen-bond donors (Lipinski definition) is 2. The second-order valence-corrected chi connectivity index (χ2v) is 7.44. The predicted molar refractivity (Wildman–Crippen MR) is 124 cm³/mol. The smallest absolute Gasteiger partial charge is 0.249 e. The van der Waals surface area contributed by atoms with Crippen LogP contribution < -0.4 is 15.4 Å². The number of amides is 2. The zero-order valence-electron chi connectivity index (χ0n) is 18.4. The summed E-state index contributed by atoms with van der Waals surface area (Å²) in [6, 6.07) is 21.2. The molecule has 0 aliphatic heterocycles. The Kier molecular flexibility index (Phi) is 8.97. The van der Waals surface area contributed by atoms with E-state index < -0.39 is 6.04 Å². The van der Waals surface area contributed by atoms with Crippen molar-refractivity contribution < 1.29 is 23.5 Å². The molecular formula is C26H27FN2O4. The van der Waals surface area contributed by atoms with Crippen molar-refractivity contribution in [2.24, 2.45) is 0 Å². The average molecular weight is 451 g/mol. The van der Waals surface area contributed by atoms with Crippen LogP contribution in [0, 0.1) is 5.82 Å². The molecule has 0 saturated carbocycles. The Bertz CT molecular complexity index is 1020. The fourth-order valence-corrected chi connectivity index (χ4v) is 3.02. The first kappa shape index (κ1) is 23.9. The molecule has 0 spiro atoms. The maximum absolute atomic E-state index is 13.0. The van der Waals surface area contributed by atoms with Crippen molar-refractivity contribution in [2.75, 3.05) is 11.9 Å². The summed E-state index contributed by atoms with van der Waals surface area (Å²) < 4.78 is 24.4. The maximum atomic E-state index is 13.0. The molecule has 0 bridgehead atoms. The van der Waals surface area contributed by atoms with Gasteiger partial charge in [0.2, 0.25) is 11.8 Å². The van der Waals surface area contributed by atoms with Crippen molar-refractivity contribution in [3.8, 4) is 11.5 Å². The number of ether oxygens (including phenoxy) is 2. The molecule has 2 N–H and O–H groups in total. The first-order valence-electron chi connectivity index (χ1n) is 10.8. The van der Waals surface area contributed by atoms with Crippen molar-refractivity contribution in [1.82, 2.24) is 5.32 Å². The number of carbonyl (C=O) groups is 2. The number of hydrogen-bond acceptors (Lipinski definition) is 4. The van der Waals surface area contributed by atoms with Crippen LogP contribution in [-0.4, -0.2) is 24.5 Å². The molecule has 0 saturated heterocycles. The molecule has 3 aromatic carbocycles. The lowest BCUT2D eigenvalue weighted by molar-refractivity contribution is -0.128. The lowest BCUT2D eigenvalue weighted by Gasteiger charge is -2.19. The van der Waals surface area contributed by atoms with Gasteiger partial charge in [-0.1, -0.05) is 37.3 Å². The van der Waals surface area contributed by atoms with E-state index >= 15 is 0 Å². The van der Waals surface area contributed by atoms with Crippen molar-refractivity contribution in [2.45, 2.75) is 32.4 Å². The molecule has 0 aliphatic rings. The van der Waals surface area contributed by atoms with Crippen LogP contribution in [0.1, 0.15) is 25.3 Å². The second kappa shape index (κ2) is 12.4. The Labute approximate surface area is 192 Å². The molecule has 0 unspecified atom stereocenters. The molecule has 3 rings (SSSR count). The molecule has 0 fully saturated rings. The summed E-state index contributed by atoms with van der Waals surface area (Å²) in [5.74, 6) is 0.124. The standard InChI is InChI=1S/C26H27FN2O4/c1-2-6-25(30)29-24(18-32-17-19-7-4-3-5-8-19)26(31)28-21-11-15-23(16-12-21)33-22-13-9-20(27)10-14-22/h3-5,7-16,24H,2,6,17-18H2,1H3,(H,28,31)(H,29,30)/t24-/m0/s1. The first-order valence-corrected chi connectivity index (χ1v) is 10.8. The molecule has 0 radical (unpaired) electrons. The van der Waals surface area contributed by atoms with E-state index in [1.807, 2.05) is 37.3 Å². The van der Waals surface area contributed by atoms with Crippen molar-refractivity contribution in [3.05, 3.63) is 90.2 Å². The first-order chi connectivity index (χ1) is 16.0. The van der Waals surface area contributed by atoms with Gasteiger partial charge in [-0.2, -0.15) is 0 Å². The van der Waals surface area contributed by atoms with Gasteiger partial charge in [0, 0.05) is 12.1 Å². The number of nitrogens with one attached hydrogen (secondary N) is 2. The predicted octanol–water partition coefficient (Wildman–Crippen LogP) is 5.06. The van der Waals surface area contributed by atoms with E-state index in [1.165, 1.54) is 24.3 Å².